The van der Waals surface area contributed by atoms with E-state index in [2.05, 4.69) is 32.7 Å². The van der Waals surface area contributed by atoms with Gasteiger partial charge in [0, 0.05) is 0 Å². The van der Waals surface area contributed by atoms with Gasteiger partial charge >= 0.3 is 145 Å². The molecule has 0 radical (unpaired) electrons. The van der Waals surface area contributed by atoms with Crippen LogP contribution >= 0.6 is 22.6 Å². The van der Waals surface area contributed by atoms with Crippen molar-refractivity contribution in [2.75, 3.05) is 7.11 Å². The Hall–Kier alpha value is -0.692. The number of rotatable bonds is 2. The van der Waals surface area contributed by atoms with Gasteiger partial charge in [0.2, 0.25) is 0 Å². The Labute approximate surface area is 144 Å². The van der Waals surface area contributed by atoms with Crippen LogP contribution < -0.4 is 4.48 Å². The summed E-state index contributed by atoms with van der Waals surface area (Å²) in [4.78, 5) is 20.6. The molecule has 2 aromatic rings. The van der Waals surface area contributed by atoms with Gasteiger partial charge in [0.15, 0.2) is 0 Å². The van der Waals surface area contributed by atoms with Gasteiger partial charge in [0.1, 0.15) is 0 Å². The number of methoxy groups -OCH3 is 1. The zero-order valence-electron chi connectivity index (χ0n) is 11.6. The van der Waals surface area contributed by atoms with Crippen LogP contribution in [0.3, 0.4) is 0 Å². The molecule has 112 valence electrons. The van der Waals surface area contributed by atoms with E-state index in [0.29, 0.717) is 5.92 Å². The van der Waals surface area contributed by atoms with E-state index >= 15 is 0 Å². The standard InChI is InChI=1S/C13H16AsIN4O2/c1-21-13(20)8-4-2-7(3-5-8)12-18-11(15)9-10(14)16-6-17-19(9)12/h6-8H,2-5,14H2,1H3. The quantitative estimate of drug-likeness (QED) is 0.368. The topological polar surface area (TPSA) is 69.4 Å². The Kier molecular flexibility index (Phi) is 4.49. The third-order valence-corrected chi connectivity index (χ3v) is 5.71. The Balaban J connectivity index is 1.86. The van der Waals surface area contributed by atoms with Crippen LogP contribution in [0.1, 0.15) is 37.4 Å². The first kappa shape index (κ1) is 15.2. The third-order valence-electron chi connectivity index (χ3n) is 4.07. The molecule has 2 aromatic heterocycles. The van der Waals surface area contributed by atoms with Gasteiger partial charge in [-0.2, -0.15) is 0 Å². The van der Waals surface area contributed by atoms with E-state index in [0.717, 1.165) is 45.2 Å². The first-order valence-corrected chi connectivity index (χ1v) is 9.13. The molecule has 0 amide bonds. The molecule has 0 N–H and O–H groups in total. The normalized spacial score (nSPS) is 22.4. The average Bonchev–Trinajstić information content (AvgIpc) is 2.85. The number of aromatic nitrogens is 4. The van der Waals surface area contributed by atoms with Gasteiger partial charge in [-0.25, -0.2) is 0 Å². The van der Waals surface area contributed by atoms with E-state index in [1.165, 1.54) is 24.0 Å². The molecule has 1 fully saturated rings. The number of imidazole rings is 1. The number of ether oxygens (including phenoxy) is 1. The van der Waals surface area contributed by atoms with Crippen LogP contribution in [0.15, 0.2) is 6.33 Å². The Morgan fingerprint density at radius 3 is 2.81 bits per heavy atom. The number of halogens is 1. The summed E-state index contributed by atoms with van der Waals surface area (Å²) in [6.45, 7) is 0. The van der Waals surface area contributed by atoms with E-state index in [4.69, 9.17) is 9.72 Å². The van der Waals surface area contributed by atoms with Crippen LogP contribution in [0.25, 0.3) is 5.52 Å². The summed E-state index contributed by atoms with van der Waals surface area (Å²) < 4.78 is 8.73. The van der Waals surface area contributed by atoms with E-state index in [1.54, 1.807) is 6.33 Å². The number of fused-ring (bicyclic) bond motifs is 1. The van der Waals surface area contributed by atoms with Crippen LogP contribution in [0.5, 0.6) is 0 Å². The van der Waals surface area contributed by atoms with E-state index in [9.17, 15) is 4.79 Å². The Morgan fingerprint density at radius 2 is 2.14 bits per heavy atom. The van der Waals surface area contributed by atoms with Crippen molar-refractivity contribution in [2.45, 2.75) is 31.6 Å². The average molecular weight is 462 g/mol. The van der Waals surface area contributed by atoms with Gasteiger partial charge in [-0.15, -0.1) is 0 Å². The maximum atomic E-state index is 11.6. The molecule has 0 aromatic carbocycles. The van der Waals surface area contributed by atoms with Crippen LogP contribution in [0.4, 0.5) is 0 Å². The molecule has 1 aliphatic rings. The van der Waals surface area contributed by atoms with Gasteiger partial charge in [0.25, 0.3) is 0 Å². The fraction of sp³-hybridized carbons (Fsp3) is 0.538. The SMILES string of the molecule is COC(=O)C1CCC(c2nc(I)c3c([AsH2])ncnn23)CC1. The molecule has 8 heteroatoms. The molecule has 3 rings (SSSR count). The predicted octanol–water partition coefficient (Wildman–Crippen LogP) is 0.434. The molecule has 1 saturated carbocycles. The van der Waals surface area contributed by atoms with Crippen molar-refractivity contribution in [1.82, 2.24) is 19.6 Å². The number of hydrogen-bond acceptors (Lipinski definition) is 5. The van der Waals surface area contributed by atoms with Crippen molar-refractivity contribution < 1.29 is 9.53 Å². The monoisotopic (exact) mass is 462 g/mol. The molecule has 1 unspecified atom stereocenters. The summed E-state index contributed by atoms with van der Waals surface area (Å²) in [5, 5.41) is 4.36. The molecule has 1 atom stereocenters. The summed E-state index contributed by atoms with van der Waals surface area (Å²) in [6, 6.07) is 0. The molecule has 0 spiro atoms. The Morgan fingerprint density at radius 1 is 1.43 bits per heavy atom. The summed E-state index contributed by atoms with van der Waals surface area (Å²) in [6.07, 6.45) is 5.20. The van der Waals surface area contributed by atoms with Crippen molar-refractivity contribution in [1.29, 1.82) is 0 Å². The van der Waals surface area contributed by atoms with Gasteiger partial charge in [0.05, 0.1) is 0 Å². The fourth-order valence-corrected chi connectivity index (χ4v) is 5.00. The minimum atomic E-state index is -0.0862. The molecule has 21 heavy (non-hydrogen) atoms. The number of carbonyl (C=O) groups is 1. The van der Waals surface area contributed by atoms with Gasteiger partial charge < -0.3 is 0 Å². The first-order valence-electron chi connectivity index (χ1n) is 6.84. The van der Waals surface area contributed by atoms with Crippen LogP contribution in [0, 0.1) is 9.62 Å². The van der Waals surface area contributed by atoms with E-state index < -0.39 is 0 Å². The van der Waals surface area contributed by atoms with Crippen molar-refractivity contribution in [3.05, 3.63) is 15.9 Å². The van der Waals surface area contributed by atoms with Gasteiger partial charge in [-0.1, -0.05) is 0 Å². The van der Waals surface area contributed by atoms with E-state index in [1.807, 2.05) is 4.52 Å². The molecule has 6 nitrogen and oxygen atoms in total. The number of esters is 1. The van der Waals surface area contributed by atoms with Gasteiger partial charge in [-0.3, -0.25) is 0 Å². The number of nitrogens with zero attached hydrogens (tertiary/aromatic N) is 4. The summed E-state index contributed by atoms with van der Waals surface area (Å²) in [5.74, 6) is 1.30. The van der Waals surface area contributed by atoms with Crippen molar-refractivity contribution >= 4 is 55.4 Å². The first-order chi connectivity index (χ1) is 10.1. The van der Waals surface area contributed by atoms with Crippen LogP contribution in [-0.2, 0) is 9.53 Å². The van der Waals surface area contributed by atoms with Gasteiger partial charge in [-0.05, 0) is 0 Å². The summed E-state index contributed by atoms with van der Waals surface area (Å²) >= 11 is 3.72. The molecule has 0 bridgehead atoms. The van der Waals surface area contributed by atoms with Crippen LogP contribution in [0.2, 0.25) is 0 Å². The molecule has 0 aliphatic heterocycles. The number of hydrogen-bond donors (Lipinski definition) is 0. The zero-order chi connectivity index (χ0) is 15.0. The molecular weight excluding hydrogens is 446 g/mol. The fourth-order valence-electron chi connectivity index (χ4n) is 2.95. The molecule has 0 saturated heterocycles. The Bertz CT molecular complexity index is 682. The van der Waals surface area contributed by atoms with Crippen molar-refractivity contribution in [2.24, 2.45) is 5.92 Å². The number of carbonyl (C=O) groups excluding carboxylic acids is 1. The second-order valence-electron chi connectivity index (χ2n) is 5.24. The molecule has 2 heterocycles. The predicted molar refractivity (Wildman–Crippen MR) is 88.4 cm³/mol. The summed E-state index contributed by atoms with van der Waals surface area (Å²) in [7, 11) is 1.46. The minimum absolute atomic E-state index is 0.0382. The second kappa shape index (κ2) is 6.20. The van der Waals surface area contributed by atoms with Crippen molar-refractivity contribution in [3.63, 3.8) is 0 Å². The maximum absolute atomic E-state index is 11.6. The zero-order valence-corrected chi connectivity index (χ0v) is 16.2. The van der Waals surface area contributed by atoms with Crippen LogP contribution in [-0.4, -0.2) is 49.5 Å². The molecule has 1 aliphatic carbocycles. The molecular formula is C13H16AsIN4O2. The third kappa shape index (κ3) is 2.82. The van der Waals surface area contributed by atoms with Crippen molar-refractivity contribution in [3.8, 4) is 0 Å². The summed E-state index contributed by atoms with van der Waals surface area (Å²) in [5.41, 5.74) is 1.02. The van der Waals surface area contributed by atoms with E-state index in [-0.39, 0.29) is 11.9 Å². The second-order valence-corrected chi connectivity index (χ2v) is 7.41.